The molecule has 2 heterocycles. The van der Waals surface area contributed by atoms with Gasteiger partial charge in [-0.25, -0.2) is 0 Å². The first-order valence-electron chi connectivity index (χ1n) is 18.8. The van der Waals surface area contributed by atoms with E-state index < -0.39 is 8.07 Å². The average molecular weight is 697 g/mol. The van der Waals surface area contributed by atoms with Crippen LogP contribution in [0.25, 0.3) is 11.3 Å². The monoisotopic (exact) mass is 696 g/mol. The van der Waals surface area contributed by atoms with Gasteiger partial charge in [0.15, 0.2) is 6.20 Å². The van der Waals surface area contributed by atoms with Crippen LogP contribution >= 0.6 is 0 Å². The van der Waals surface area contributed by atoms with Crippen molar-refractivity contribution >= 4 is 30.3 Å². The largest absolute Gasteiger partial charge is 0.354 e. The Morgan fingerprint density at radius 1 is 0.902 bits per heavy atom. The van der Waals surface area contributed by atoms with Crippen LogP contribution < -0.4 is 20.0 Å². The maximum absolute atomic E-state index is 4.97. The smallest absolute Gasteiger partial charge is 0.213 e. The SMILES string of the molecule is C=C(/C=C\C)CCC1c2ccc(C(C)(C)C)cc2-c2cc(CC(C)(C)C)c([Si](C)(C)C)c[n+]2C1C(=C)N(C)c1ccccc1Nc1ccccc1. The molecule has 0 radical (unpaired) electrons. The van der Waals surface area contributed by atoms with E-state index in [0.29, 0.717) is 0 Å². The number of nitrogens with one attached hydrogen (secondary N) is 1. The van der Waals surface area contributed by atoms with Crippen molar-refractivity contribution in [2.45, 2.75) is 105 Å². The molecule has 1 aliphatic rings. The Labute approximate surface area is 310 Å². The van der Waals surface area contributed by atoms with E-state index >= 15 is 0 Å². The summed E-state index contributed by atoms with van der Waals surface area (Å²) >= 11 is 0. The van der Waals surface area contributed by atoms with Crippen LogP contribution in [0.4, 0.5) is 17.1 Å². The maximum Gasteiger partial charge on any atom is 0.213 e. The maximum atomic E-state index is 4.97. The Kier molecular flexibility index (Phi) is 11.1. The Bertz CT molecular complexity index is 1910. The molecule has 0 fully saturated rings. The number of nitrogens with zero attached hydrogens (tertiary/aromatic N) is 2. The predicted octanol–water partition coefficient (Wildman–Crippen LogP) is 12.0. The van der Waals surface area contributed by atoms with E-state index in [-0.39, 0.29) is 22.8 Å². The number of benzene rings is 3. The summed E-state index contributed by atoms with van der Waals surface area (Å²) in [5, 5.41) is 5.23. The zero-order valence-corrected chi connectivity index (χ0v) is 34.3. The first-order valence-corrected chi connectivity index (χ1v) is 22.3. The summed E-state index contributed by atoms with van der Waals surface area (Å²) in [6, 6.07) is 28.9. The molecule has 0 aliphatic carbocycles. The van der Waals surface area contributed by atoms with Crippen molar-refractivity contribution in [1.29, 1.82) is 0 Å². The number of pyridine rings is 1. The molecule has 4 aromatic rings. The van der Waals surface area contributed by atoms with Crippen LogP contribution in [0.2, 0.25) is 19.6 Å². The molecule has 3 nitrogen and oxygen atoms in total. The highest BCUT2D eigenvalue weighted by molar-refractivity contribution is 6.89. The molecular weight excluding hydrogens is 635 g/mol. The van der Waals surface area contributed by atoms with E-state index in [1.807, 2.05) is 0 Å². The average Bonchev–Trinajstić information content (AvgIpc) is 3.05. The van der Waals surface area contributed by atoms with Crippen molar-refractivity contribution in [2.24, 2.45) is 5.41 Å². The van der Waals surface area contributed by atoms with Crippen molar-refractivity contribution < 1.29 is 4.57 Å². The third-order valence-electron chi connectivity index (χ3n) is 10.3. The molecule has 2 atom stereocenters. The standard InChI is InChI=1S/C47H62N3Si/c1-14-20-33(2)25-27-39-38-28-26-36(47(7,8)9)30-40(38)43-29-35(31-46(4,5)6)44(51(11,12)13)32-50(43)45(39)34(3)49(10)42-24-19-18-23-41(42)48-37-21-16-15-17-22-37/h14-24,26,28-30,32,39,45,48H,2-3,25,27,31H2,1,4-13H3/q+1/b20-14-. The third kappa shape index (κ3) is 8.67. The van der Waals surface area contributed by atoms with Crippen LogP contribution in [0.15, 0.2) is 122 Å². The van der Waals surface area contributed by atoms with Gasteiger partial charge in [-0.1, -0.05) is 135 Å². The van der Waals surface area contributed by atoms with Crippen LogP contribution in [0.3, 0.4) is 0 Å². The van der Waals surface area contributed by atoms with Gasteiger partial charge >= 0.3 is 0 Å². The molecule has 1 N–H and O–H groups in total. The lowest BCUT2D eigenvalue weighted by Gasteiger charge is -2.37. The van der Waals surface area contributed by atoms with Crippen molar-refractivity contribution in [1.82, 2.24) is 0 Å². The minimum Gasteiger partial charge on any atom is -0.354 e. The highest BCUT2D eigenvalue weighted by atomic mass is 28.3. The van der Waals surface area contributed by atoms with Gasteiger partial charge in [0.1, 0.15) is 0 Å². The van der Waals surface area contributed by atoms with Crippen LogP contribution in [-0.4, -0.2) is 15.1 Å². The van der Waals surface area contributed by atoms with Gasteiger partial charge in [-0.3, -0.25) is 0 Å². The highest BCUT2D eigenvalue weighted by Crippen LogP contribution is 2.47. The van der Waals surface area contributed by atoms with Gasteiger partial charge in [-0.05, 0) is 84.0 Å². The summed E-state index contributed by atoms with van der Waals surface area (Å²) in [4.78, 5) is 2.33. The summed E-state index contributed by atoms with van der Waals surface area (Å²) in [5.41, 5.74) is 12.6. The Balaban J connectivity index is 1.76. The number of aromatic nitrogens is 1. The number of rotatable bonds is 11. The molecule has 1 aromatic heterocycles. The second-order valence-corrected chi connectivity index (χ2v) is 22.9. The molecule has 0 amide bonds. The fraction of sp³-hybridized carbons (Fsp3) is 0.383. The Morgan fingerprint density at radius 3 is 2.20 bits per heavy atom. The Morgan fingerprint density at radius 2 is 1.57 bits per heavy atom. The molecule has 2 unspecified atom stereocenters. The van der Waals surface area contributed by atoms with Crippen molar-refractivity contribution in [2.75, 3.05) is 17.3 Å². The van der Waals surface area contributed by atoms with Gasteiger partial charge in [0.2, 0.25) is 11.7 Å². The van der Waals surface area contributed by atoms with E-state index in [4.69, 9.17) is 6.58 Å². The first kappa shape index (κ1) is 38.1. The second kappa shape index (κ2) is 14.8. The molecule has 0 saturated carbocycles. The van der Waals surface area contributed by atoms with Gasteiger partial charge < -0.3 is 10.2 Å². The quantitative estimate of drug-likeness (QED) is 0.0956. The molecule has 0 bridgehead atoms. The number of hydrogen-bond donors (Lipinski definition) is 1. The van der Waals surface area contributed by atoms with E-state index in [0.717, 1.165) is 42.0 Å². The lowest BCUT2D eigenvalue weighted by Crippen LogP contribution is -2.55. The van der Waals surface area contributed by atoms with E-state index in [2.05, 4.69) is 194 Å². The van der Waals surface area contributed by atoms with Gasteiger partial charge in [0.05, 0.1) is 36.6 Å². The first-order chi connectivity index (χ1) is 23.9. The number of anilines is 3. The van der Waals surface area contributed by atoms with E-state index in [1.54, 1.807) is 5.19 Å². The molecule has 0 saturated heterocycles. The summed E-state index contributed by atoms with van der Waals surface area (Å²) < 4.78 is 2.63. The van der Waals surface area contributed by atoms with Gasteiger partial charge in [-0.15, -0.1) is 0 Å². The molecule has 268 valence electrons. The number of para-hydroxylation sites is 3. The number of fused-ring (bicyclic) bond motifs is 3. The van der Waals surface area contributed by atoms with Gasteiger partial charge in [-0.2, -0.15) is 4.57 Å². The van der Waals surface area contributed by atoms with Crippen molar-refractivity contribution in [3.63, 3.8) is 0 Å². The molecule has 5 rings (SSSR count). The lowest BCUT2D eigenvalue weighted by molar-refractivity contribution is -0.708. The fourth-order valence-corrected chi connectivity index (χ4v) is 9.30. The molecule has 4 heteroatoms. The van der Waals surface area contributed by atoms with E-state index in [1.165, 1.54) is 33.5 Å². The summed E-state index contributed by atoms with van der Waals surface area (Å²) in [6.07, 6.45) is 9.77. The molecule has 3 aromatic carbocycles. The predicted molar refractivity (Wildman–Crippen MR) is 226 cm³/mol. The zero-order valence-electron chi connectivity index (χ0n) is 33.3. The summed E-state index contributed by atoms with van der Waals surface area (Å²) in [6.45, 7) is 33.1. The third-order valence-corrected chi connectivity index (χ3v) is 12.3. The van der Waals surface area contributed by atoms with Crippen molar-refractivity contribution in [3.05, 3.63) is 138 Å². The Hall–Kier alpha value is -4.15. The lowest BCUT2D eigenvalue weighted by atomic mass is 9.75. The van der Waals surface area contributed by atoms with Gasteiger partial charge in [0, 0.05) is 24.0 Å². The molecule has 0 spiro atoms. The number of likely N-dealkylation sites (N-methyl/N-ethyl adjacent to an activating group) is 1. The van der Waals surface area contributed by atoms with E-state index in [9.17, 15) is 0 Å². The van der Waals surface area contributed by atoms with Crippen LogP contribution in [0, 0.1) is 5.41 Å². The minimum absolute atomic E-state index is 0.0139. The van der Waals surface area contributed by atoms with Crippen LogP contribution in [-0.2, 0) is 11.8 Å². The molecule has 51 heavy (non-hydrogen) atoms. The normalized spacial score (nSPS) is 16.1. The molecule has 1 aliphatic heterocycles. The van der Waals surface area contributed by atoms with Crippen LogP contribution in [0.1, 0.15) is 90.0 Å². The summed E-state index contributed by atoms with van der Waals surface area (Å²) in [7, 11) is 0.446. The fourth-order valence-electron chi connectivity index (χ4n) is 7.65. The topological polar surface area (TPSA) is 19.1 Å². The highest BCUT2D eigenvalue weighted by Gasteiger charge is 2.45. The zero-order chi connectivity index (χ0) is 37.3. The summed E-state index contributed by atoms with van der Waals surface area (Å²) in [5.74, 6) is 0.209. The number of hydrogen-bond acceptors (Lipinski definition) is 2. The van der Waals surface area contributed by atoms with Crippen LogP contribution in [0.5, 0.6) is 0 Å². The second-order valence-electron chi connectivity index (χ2n) is 17.9. The van der Waals surface area contributed by atoms with Gasteiger partial charge in [0.25, 0.3) is 0 Å². The molecular formula is C47H62N3Si+. The van der Waals surface area contributed by atoms with Crippen molar-refractivity contribution in [3.8, 4) is 11.3 Å². The number of allylic oxidation sites excluding steroid dienone is 4. The minimum atomic E-state index is -1.74.